The summed E-state index contributed by atoms with van der Waals surface area (Å²) in [5, 5.41) is 0. The molecule has 0 spiro atoms. The molecule has 7 heteroatoms. The second kappa shape index (κ2) is 5.34. The van der Waals surface area contributed by atoms with Gasteiger partial charge in [-0.05, 0) is 24.8 Å². The van der Waals surface area contributed by atoms with Gasteiger partial charge in [0.15, 0.2) is 0 Å². The Morgan fingerprint density at radius 1 is 1.42 bits per heavy atom. The summed E-state index contributed by atoms with van der Waals surface area (Å²) in [6, 6.07) is 1.61. The van der Waals surface area contributed by atoms with Gasteiger partial charge in [0.2, 0.25) is 0 Å². The molecule has 0 aliphatic carbocycles. The molecule has 19 heavy (non-hydrogen) atoms. The van der Waals surface area contributed by atoms with Crippen molar-refractivity contribution >= 4 is 21.6 Å². The van der Waals surface area contributed by atoms with E-state index in [4.69, 9.17) is 5.73 Å². The first kappa shape index (κ1) is 14.1. The number of pyridine rings is 1. The predicted octanol–water partition coefficient (Wildman–Crippen LogP) is 1.08. The van der Waals surface area contributed by atoms with E-state index in [0.29, 0.717) is 30.4 Å². The van der Waals surface area contributed by atoms with Gasteiger partial charge in [-0.1, -0.05) is 6.92 Å². The van der Waals surface area contributed by atoms with Gasteiger partial charge in [-0.2, -0.15) is 12.7 Å². The fourth-order valence-corrected chi connectivity index (χ4v) is 3.63. The molecule has 106 valence electrons. The highest BCUT2D eigenvalue weighted by atomic mass is 32.2. The molecular formula is C12H20N4O2S. The summed E-state index contributed by atoms with van der Waals surface area (Å²) in [4.78, 5) is 3.87. The molecule has 1 aliphatic heterocycles. The van der Waals surface area contributed by atoms with Crippen LogP contribution in [0.15, 0.2) is 18.5 Å². The maximum atomic E-state index is 12.5. The largest absolute Gasteiger partial charge is 0.396 e. The molecule has 0 aromatic carbocycles. The Morgan fingerprint density at radius 2 is 2.05 bits per heavy atom. The summed E-state index contributed by atoms with van der Waals surface area (Å²) in [6.45, 7) is 3.28. The monoisotopic (exact) mass is 284 g/mol. The maximum Gasteiger partial charge on any atom is 0.303 e. The third-order valence-corrected chi connectivity index (χ3v) is 5.49. The normalized spacial score (nSPS) is 18.4. The van der Waals surface area contributed by atoms with E-state index in [1.54, 1.807) is 6.07 Å². The Kier molecular flexibility index (Phi) is 3.96. The lowest BCUT2D eigenvalue weighted by Crippen LogP contribution is -2.45. The molecule has 0 unspecified atom stereocenters. The Hall–Kier alpha value is -1.34. The van der Waals surface area contributed by atoms with Crippen LogP contribution in [0.1, 0.15) is 19.8 Å². The topological polar surface area (TPSA) is 79.5 Å². The highest BCUT2D eigenvalue weighted by Crippen LogP contribution is 2.26. The number of aromatic nitrogens is 1. The van der Waals surface area contributed by atoms with Gasteiger partial charge in [-0.25, -0.2) is 0 Å². The minimum atomic E-state index is -3.50. The van der Waals surface area contributed by atoms with E-state index < -0.39 is 10.2 Å². The number of hydrogen-bond donors (Lipinski definition) is 1. The summed E-state index contributed by atoms with van der Waals surface area (Å²) in [5.74, 6) is 0.586. The zero-order valence-electron chi connectivity index (χ0n) is 11.3. The molecule has 0 amide bonds. The van der Waals surface area contributed by atoms with Crippen LogP contribution in [0, 0.1) is 5.92 Å². The molecular weight excluding hydrogens is 264 g/mol. The molecule has 6 nitrogen and oxygen atoms in total. The maximum absolute atomic E-state index is 12.5. The highest BCUT2D eigenvalue weighted by molar-refractivity contribution is 7.90. The summed E-state index contributed by atoms with van der Waals surface area (Å²) < 4.78 is 27.8. The smallest absolute Gasteiger partial charge is 0.303 e. The van der Waals surface area contributed by atoms with Gasteiger partial charge in [0.1, 0.15) is 0 Å². The molecule has 1 saturated heterocycles. The van der Waals surface area contributed by atoms with Gasteiger partial charge in [-0.15, -0.1) is 0 Å². The van der Waals surface area contributed by atoms with Crippen LogP contribution in [0.3, 0.4) is 0 Å². The van der Waals surface area contributed by atoms with Crippen molar-refractivity contribution in [1.29, 1.82) is 0 Å². The van der Waals surface area contributed by atoms with E-state index in [9.17, 15) is 8.42 Å². The fraction of sp³-hybridized carbons (Fsp3) is 0.583. The van der Waals surface area contributed by atoms with E-state index in [2.05, 4.69) is 11.9 Å². The van der Waals surface area contributed by atoms with Gasteiger partial charge < -0.3 is 5.73 Å². The van der Waals surface area contributed by atoms with Crippen LogP contribution in [0.5, 0.6) is 0 Å². The number of nitrogen functional groups attached to an aromatic ring is 1. The van der Waals surface area contributed by atoms with E-state index in [1.165, 1.54) is 28.1 Å². The van der Waals surface area contributed by atoms with Crippen LogP contribution in [-0.4, -0.2) is 37.8 Å². The second-order valence-corrected chi connectivity index (χ2v) is 6.95. The number of rotatable bonds is 3. The van der Waals surface area contributed by atoms with Crippen molar-refractivity contribution in [1.82, 2.24) is 9.29 Å². The lowest BCUT2D eigenvalue weighted by molar-refractivity contribution is 0.287. The van der Waals surface area contributed by atoms with Crippen molar-refractivity contribution in [2.24, 2.45) is 5.92 Å². The van der Waals surface area contributed by atoms with Crippen LogP contribution in [-0.2, 0) is 10.2 Å². The molecule has 1 aromatic heterocycles. The van der Waals surface area contributed by atoms with Crippen LogP contribution in [0.4, 0.5) is 11.4 Å². The van der Waals surface area contributed by atoms with Crippen LogP contribution in [0.2, 0.25) is 0 Å². The minimum absolute atomic E-state index is 0.360. The average molecular weight is 284 g/mol. The van der Waals surface area contributed by atoms with Crippen molar-refractivity contribution < 1.29 is 8.42 Å². The van der Waals surface area contributed by atoms with Gasteiger partial charge in [0.05, 0.1) is 17.6 Å². The van der Waals surface area contributed by atoms with E-state index in [0.717, 1.165) is 12.8 Å². The Labute approximate surface area is 114 Å². The SMILES string of the molecule is CC1CCN(S(=O)(=O)N(C)c2ccncc2N)CC1. The van der Waals surface area contributed by atoms with E-state index in [1.807, 2.05) is 0 Å². The van der Waals surface area contributed by atoms with Crippen LogP contribution in [0.25, 0.3) is 0 Å². The Balaban J connectivity index is 2.22. The summed E-state index contributed by atoms with van der Waals surface area (Å²) >= 11 is 0. The van der Waals surface area contributed by atoms with E-state index >= 15 is 0 Å². The lowest BCUT2D eigenvalue weighted by atomic mass is 10.0. The van der Waals surface area contributed by atoms with Gasteiger partial charge in [0, 0.05) is 26.3 Å². The third kappa shape index (κ3) is 2.82. The van der Waals surface area contributed by atoms with Gasteiger partial charge >= 0.3 is 10.2 Å². The predicted molar refractivity (Wildman–Crippen MR) is 75.9 cm³/mol. The molecule has 1 fully saturated rings. The average Bonchev–Trinajstić information content (AvgIpc) is 2.39. The highest BCUT2D eigenvalue weighted by Gasteiger charge is 2.30. The number of hydrogen-bond acceptors (Lipinski definition) is 4. The van der Waals surface area contributed by atoms with Gasteiger partial charge in [-0.3, -0.25) is 9.29 Å². The molecule has 1 aromatic rings. The van der Waals surface area contributed by atoms with Crippen LogP contribution >= 0.6 is 0 Å². The molecule has 0 radical (unpaired) electrons. The van der Waals surface area contributed by atoms with Crippen molar-refractivity contribution in [2.45, 2.75) is 19.8 Å². The van der Waals surface area contributed by atoms with Crippen molar-refractivity contribution in [3.8, 4) is 0 Å². The molecule has 0 atom stereocenters. The standard InChI is InChI=1S/C12H20N4O2S/c1-10-4-7-16(8-5-10)19(17,18)15(2)12-3-6-14-9-11(12)13/h3,6,9-10H,4-5,7-8,13H2,1-2H3. The first-order valence-electron chi connectivity index (χ1n) is 6.36. The van der Waals surface area contributed by atoms with Crippen molar-refractivity contribution in [3.63, 3.8) is 0 Å². The molecule has 2 heterocycles. The molecule has 0 bridgehead atoms. The van der Waals surface area contributed by atoms with Crippen molar-refractivity contribution in [2.75, 3.05) is 30.2 Å². The van der Waals surface area contributed by atoms with Crippen molar-refractivity contribution in [3.05, 3.63) is 18.5 Å². The molecule has 2 N–H and O–H groups in total. The number of nitrogens with two attached hydrogens (primary N) is 1. The first-order valence-corrected chi connectivity index (χ1v) is 7.76. The summed E-state index contributed by atoms with van der Waals surface area (Å²) in [6.07, 6.45) is 4.80. The molecule has 2 rings (SSSR count). The first-order chi connectivity index (χ1) is 8.93. The number of nitrogens with zero attached hydrogens (tertiary/aromatic N) is 3. The van der Waals surface area contributed by atoms with Gasteiger partial charge in [0.25, 0.3) is 0 Å². The van der Waals surface area contributed by atoms with E-state index in [-0.39, 0.29) is 0 Å². The second-order valence-electron chi connectivity index (χ2n) is 4.99. The quantitative estimate of drug-likeness (QED) is 0.900. The summed E-state index contributed by atoms with van der Waals surface area (Å²) in [5.41, 5.74) is 6.61. The third-order valence-electron chi connectivity index (χ3n) is 3.58. The zero-order valence-corrected chi connectivity index (χ0v) is 12.1. The molecule has 1 aliphatic rings. The summed E-state index contributed by atoms with van der Waals surface area (Å²) in [7, 11) is -1.98. The Bertz CT molecular complexity index is 538. The zero-order chi connectivity index (χ0) is 14.0. The molecule has 0 saturated carbocycles. The Morgan fingerprint density at radius 3 is 2.63 bits per heavy atom. The minimum Gasteiger partial charge on any atom is -0.396 e. The number of piperidine rings is 1. The lowest BCUT2D eigenvalue weighted by Gasteiger charge is -2.33. The fourth-order valence-electron chi connectivity index (χ4n) is 2.20. The van der Waals surface area contributed by atoms with Crippen LogP contribution < -0.4 is 10.0 Å². The number of anilines is 2.